The first kappa shape index (κ1) is 7.79. The zero-order valence-electron chi connectivity index (χ0n) is 6.64. The van der Waals surface area contributed by atoms with Gasteiger partial charge in [0.1, 0.15) is 0 Å². The van der Waals surface area contributed by atoms with Crippen LogP contribution in [0.1, 0.15) is 11.1 Å². The van der Waals surface area contributed by atoms with Crippen LogP contribution in [0.3, 0.4) is 0 Å². The van der Waals surface area contributed by atoms with Gasteiger partial charge in [-0.2, -0.15) is 0 Å². The summed E-state index contributed by atoms with van der Waals surface area (Å²) in [5.41, 5.74) is 3.09. The average molecular weight is 148 g/mol. The van der Waals surface area contributed by atoms with Gasteiger partial charge < -0.3 is 5.32 Å². The molecule has 0 aliphatic carbocycles. The fourth-order valence-corrected chi connectivity index (χ4v) is 1.11. The minimum atomic E-state index is 0.803. The summed E-state index contributed by atoms with van der Waals surface area (Å²) in [7, 11) is 0. The van der Waals surface area contributed by atoms with E-state index in [9.17, 15) is 4.79 Å². The standard InChI is InChI=1S/C9H10NO/c1-7-3-8(2)5-9(4-7)10-6-11/h3-5H,1-2H3,(H,10,11). The highest BCUT2D eigenvalue weighted by Gasteiger charge is 1.92. The maximum Gasteiger partial charge on any atom is 0.314 e. The van der Waals surface area contributed by atoms with E-state index in [1.54, 1.807) is 6.41 Å². The van der Waals surface area contributed by atoms with E-state index >= 15 is 0 Å². The topological polar surface area (TPSA) is 29.1 Å². The van der Waals surface area contributed by atoms with Crippen molar-refractivity contribution in [2.24, 2.45) is 0 Å². The monoisotopic (exact) mass is 148 g/mol. The fraction of sp³-hybridized carbons (Fsp3) is 0.222. The van der Waals surface area contributed by atoms with Crippen LogP contribution in [-0.4, -0.2) is 6.41 Å². The molecule has 0 fully saturated rings. The van der Waals surface area contributed by atoms with Crippen molar-refractivity contribution in [1.82, 2.24) is 0 Å². The Morgan fingerprint density at radius 2 is 1.73 bits per heavy atom. The van der Waals surface area contributed by atoms with Crippen LogP contribution in [0.4, 0.5) is 5.69 Å². The van der Waals surface area contributed by atoms with Gasteiger partial charge in [0.05, 0.1) is 0 Å². The summed E-state index contributed by atoms with van der Waals surface area (Å²) >= 11 is 0. The second-order valence-electron chi connectivity index (χ2n) is 2.60. The normalized spacial score (nSPS) is 9.27. The molecule has 0 bridgehead atoms. The third-order valence-corrected chi connectivity index (χ3v) is 1.42. The summed E-state index contributed by atoms with van der Waals surface area (Å²) in [6.45, 7) is 3.98. The highest BCUT2D eigenvalue weighted by Crippen LogP contribution is 2.12. The molecule has 0 aliphatic heterocycles. The van der Waals surface area contributed by atoms with Gasteiger partial charge >= 0.3 is 6.41 Å². The van der Waals surface area contributed by atoms with E-state index in [-0.39, 0.29) is 0 Å². The molecular weight excluding hydrogens is 138 g/mol. The number of benzene rings is 1. The number of hydrogen-bond acceptors (Lipinski definition) is 1. The molecule has 2 heteroatoms. The Morgan fingerprint density at radius 3 is 2.18 bits per heavy atom. The molecule has 2 nitrogen and oxygen atoms in total. The van der Waals surface area contributed by atoms with E-state index < -0.39 is 0 Å². The van der Waals surface area contributed by atoms with Crippen molar-refractivity contribution in [3.8, 4) is 0 Å². The van der Waals surface area contributed by atoms with Crippen LogP contribution in [0, 0.1) is 13.8 Å². The molecule has 0 atom stereocenters. The van der Waals surface area contributed by atoms with E-state index in [0.29, 0.717) is 0 Å². The molecule has 0 spiro atoms. The molecular formula is C9H10NO. The minimum absolute atomic E-state index is 0.803. The Hall–Kier alpha value is -1.31. The molecule has 0 unspecified atom stereocenters. The summed E-state index contributed by atoms with van der Waals surface area (Å²) in [6.07, 6.45) is 1.64. The van der Waals surface area contributed by atoms with E-state index in [1.807, 2.05) is 26.0 Å². The van der Waals surface area contributed by atoms with Crippen LogP contribution in [0.15, 0.2) is 18.2 Å². The first-order valence-electron chi connectivity index (χ1n) is 3.44. The first-order valence-corrected chi connectivity index (χ1v) is 3.44. The van der Waals surface area contributed by atoms with Crippen LogP contribution in [-0.2, 0) is 4.79 Å². The van der Waals surface area contributed by atoms with E-state index in [1.165, 1.54) is 0 Å². The molecule has 57 valence electrons. The van der Waals surface area contributed by atoms with Crippen molar-refractivity contribution in [2.45, 2.75) is 13.8 Å². The number of amides is 1. The van der Waals surface area contributed by atoms with Gasteiger partial charge in [0, 0.05) is 5.69 Å². The van der Waals surface area contributed by atoms with Gasteiger partial charge in [0.2, 0.25) is 0 Å². The Labute approximate surface area is 66.2 Å². The van der Waals surface area contributed by atoms with Crippen LogP contribution in [0.25, 0.3) is 0 Å². The third kappa shape index (κ3) is 2.08. The molecule has 1 radical (unpaired) electrons. The summed E-state index contributed by atoms with van der Waals surface area (Å²) < 4.78 is 0. The van der Waals surface area contributed by atoms with Gasteiger partial charge in [0.15, 0.2) is 0 Å². The summed E-state index contributed by atoms with van der Waals surface area (Å²) in [5, 5.41) is 2.48. The van der Waals surface area contributed by atoms with Gasteiger partial charge in [-0.15, -0.1) is 0 Å². The second kappa shape index (κ2) is 3.19. The summed E-state index contributed by atoms with van der Waals surface area (Å²) in [6, 6.07) is 5.85. The van der Waals surface area contributed by atoms with Crippen molar-refractivity contribution >= 4 is 12.1 Å². The first-order chi connectivity index (χ1) is 5.22. The number of hydrogen-bond donors (Lipinski definition) is 1. The summed E-state index contributed by atoms with van der Waals surface area (Å²) in [4.78, 5) is 9.96. The van der Waals surface area contributed by atoms with Gasteiger partial charge in [0.25, 0.3) is 0 Å². The number of aryl methyl sites for hydroxylation is 2. The molecule has 0 heterocycles. The largest absolute Gasteiger partial charge is 0.318 e. The van der Waals surface area contributed by atoms with Crippen LogP contribution in [0.2, 0.25) is 0 Å². The van der Waals surface area contributed by atoms with Gasteiger partial charge in [-0.25, -0.2) is 0 Å². The maximum absolute atomic E-state index is 9.96. The maximum atomic E-state index is 9.96. The molecule has 0 saturated heterocycles. The van der Waals surface area contributed by atoms with Crippen molar-refractivity contribution < 1.29 is 4.79 Å². The third-order valence-electron chi connectivity index (χ3n) is 1.42. The zero-order chi connectivity index (χ0) is 8.27. The van der Waals surface area contributed by atoms with Crippen molar-refractivity contribution in [2.75, 3.05) is 5.32 Å². The molecule has 1 N–H and O–H groups in total. The fourth-order valence-electron chi connectivity index (χ4n) is 1.11. The smallest absolute Gasteiger partial charge is 0.314 e. The summed E-state index contributed by atoms with van der Waals surface area (Å²) in [5.74, 6) is 0. The molecule has 1 aromatic rings. The Balaban J connectivity index is 2.98. The lowest BCUT2D eigenvalue weighted by Crippen LogP contribution is -1.94. The quantitative estimate of drug-likeness (QED) is 0.636. The highest BCUT2D eigenvalue weighted by molar-refractivity contribution is 5.72. The zero-order valence-corrected chi connectivity index (χ0v) is 6.64. The van der Waals surface area contributed by atoms with Crippen LogP contribution in [0.5, 0.6) is 0 Å². The van der Waals surface area contributed by atoms with Crippen molar-refractivity contribution in [1.29, 1.82) is 0 Å². The van der Waals surface area contributed by atoms with Gasteiger partial charge in [-0.05, 0) is 37.1 Å². The minimum Gasteiger partial charge on any atom is -0.318 e. The van der Waals surface area contributed by atoms with E-state index in [2.05, 4.69) is 11.4 Å². The Bertz CT molecular complexity index is 248. The lowest BCUT2D eigenvalue weighted by Gasteiger charge is -2.00. The predicted molar refractivity (Wildman–Crippen MR) is 45.2 cm³/mol. The Kier molecular flexibility index (Phi) is 2.26. The highest BCUT2D eigenvalue weighted by atomic mass is 16.1. The lowest BCUT2D eigenvalue weighted by molar-refractivity contribution is 0.561. The molecule has 1 amide bonds. The van der Waals surface area contributed by atoms with Gasteiger partial charge in [-0.3, -0.25) is 4.79 Å². The van der Waals surface area contributed by atoms with Crippen LogP contribution >= 0.6 is 0 Å². The van der Waals surface area contributed by atoms with Crippen molar-refractivity contribution in [3.63, 3.8) is 0 Å². The number of rotatable bonds is 2. The Morgan fingerprint density at radius 1 is 1.18 bits per heavy atom. The van der Waals surface area contributed by atoms with Gasteiger partial charge in [-0.1, -0.05) is 6.07 Å². The SMILES string of the molecule is Cc1cc(C)cc(N[C]=O)c1. The van der Waals surface area contributed by atoms with E-state index in [0.717, 1.165) is 16.8 Å². The van der Waals surface area contributed by atoms with Crippen molar-refractivity contribution in [3.05, 3.63) is 29.3 Å². The number of anilines is 1. The molecule has 1 rings (SSSR count). The van der Waals surface area contributed by atoms with E-state index in [4.69, 9.17) is 0 Å². The molecule has 11 heavy (non-hydrogen) atoms. The molecule has 1 aromatic carbocycles. The molecule has 0 aromatic heterocycles. The number of carbonyl (C=O) groups excluding carboxylic acids is 1. The molecule has 0 aliphatic rings. The number of nitrogens with one attached hydrogen (secondary N) is 1. The lowest BCUT2D eigenvalue weighted by atomic mass is 10.1. The second-order valence-corrected chi connectivity index (χ2v) is 2.60. The predicted octanol–water partition coefficient (Wildman–Crippen LogP) is 1.78. The molecule has 0 saturated carbocycles. The van der Waals surface area contributed by atoms with Crippen LogP contribution < -0.4 is 5.32 Å². The average Bonchev–Trinajstić information content (AvgIpc) is 1.85.